The van der Waals surface area contributed by atoms with Gasteiger partial charge in [-0.3, -0.25) is 4.57 Å². The first kappa shape index (κ1) is 28.2. The lowest BCUT2D eigenvalue weighted by molar-refractivity contribution is 0.590. The smallest absolute Gasteiger partial charge is 0.147 e. The average Bonchev–Trinajstić information content (AvgIpc) is 3.69. The zero-order chi connectivity index (χ0) is 31.3. The van der Waals surface area contributed by atoms with Crippen molar-refractivity contribution in [3.8, 4) is 50.5 Å². The van der Waals surface area contributed by atoms with Crippen LogP contribution >= 0.6 is 11.3 Å². The van der Waals surface area contributed by atoms with Crippen LogP contribution in [0.5, 0.6) is 0 Å². The number of hydrogen-bond acceptors (Lipinski definition) is 2. The molecule has 0 unspecified atom stereocenters. The fraction of sp³-hybridized carbons (Fsp3) is 0.0930. The predicted octanol–water partition coefficient (Wildman–Crippen LogP) is 12.2. The minimum absolute atomic E-state index is 0.0363. The number of fused-ring (bicyclic) bond motifs is 2. The topological polar surface area (TPSA) is 17.8 Å². The van der Waals surface area contributed by atoms with Crippen molar-refractivity contribution in [1.29, 1.82) is 0 Å². The van der Waals surface area contributed by atoms with Crippen molar-refractivity contribution in [2.45, 2.75) is 26.2 Å². The highest BCUT2D eigenvalue weighted by Crippen LogP contribution is 2.45. The van der Waals surface area contributed by atoms with Crippen LogP contribution in [0.25, 0.3) is 71.6 Å². The molecule has 2 aromatic heterocycles. The highest BCUT2D eigenvalue weighted by atomic mass is 32.1. The van der Waals surface area contributed by atoms with Crippen LogP contribution in [0.1, 0.15) is 26.3 Å². The summed E-state index contributed by atoms with van der Waals surface area (Å²) in [4.78, 5) is 5.37. The molecule has 0 spiro atoms. The van der Waals surface area contributed by atoms with Gasteiger partial charge in [0.2, 0.25) is 0 Å². The minimum Gasteiger partial charge on any atom is -0.291 e. The molecule has 46 heavy (non-hydrogen) atoms. The van der Waals surface area contributed by atoms with Crippen molar-refractivity contribution in [2.24, 2.45) is 0 Å². The molecule has 0 saturated heterocycles. The third-order valence-electron chi connectivity index (χ3n) is 8.85. The van der Waals surface area contributed by atoms with E-state index in [2.05, 4.69) is 176 Å². The van der Waals surface area contributed by atoms with Gasteiger partial charge >= 0.3 is 0 Å². The molecule has 0 N–H and O–H groups in total. The second-order valence-electron chi connectivity index (χ2n) is 12.9. The van der Waals surface area contributed by atoms with Gasteiger partial charge < -0.3 is 0 Å². The summed E-state index contributed by atoms with van der Waals surface area (Å²) >= 11 is 1.79. The quantitative estimate of drug-likeness (QED) is 0.190. The molecule has 2 heterocycles. The number of para-hydroxylation sites is 2. The molecule has 0 atom stereocenters. The molecule has 6 aromatic carbocycles. The molecule has 0 aliphatic heterocycles. The molecule has 0 radical (unpaired) electrons. The van der Waals surface area contributed by atoms with E-state index in [0.717, 1.165) is 28.1 Å². The van der Waals surface area contributed by atoms with Crippen molar-refractivity contribution < 1.29 is 0 Å². The van der Waals surface area contributed by atoms with E-state index in [1.165, 1.54) is 49.0 Å². The van der Waals surface area contributed by atoms with Gasteiger partial charge in [0.15, 0.2) is 0 Å². The number of benzene rings is 6. The Morgan fingerprint density at radius 2 is 1.11 bits per heavy atom. The molecule has 0 aliphatic rings. The first-order valence-electron chi connectivity index (χ1n) is 15.8. The van der Waals surface area contributed by atoms with Crippen molar-refractivity contribution in [3.05, 3.63) is 157 Å². The number of nitrogens with zero attached hydrogens (tertiary/aromatic N) is 2. The Labute approximate surface area is 274 Å². The molecule has 3 heteroatoms. The maximum Gasteiger partial charge on any atom is 0.147 e. The summed E-state index contributed by atoms with van der Waals surface area (Å²) in [6.07, 6.45) is 0. The fourth-order valence-corrected chi connectivity index (χ4v) is 7.41. The number of imidazole rings is 1. The molecule has 0 fully saturated rings. The molecule has 8 rings (SSSR count). The Bertz CT molecular complexity index is 2260. The van der Waals surface area contributed by atoms with Crippen LogP contribution in [0.3, 0.4) is 0 Å². The molecule has 8 aromatic rings. The van der Waals surface area contributed by atoms with Crippen molar-refractivity contribution in [2.75, 3.05) is 0 Å². The van der Waals surface area contributed by atoms with E-state index in [-0.39, 0.29) is 5.41 Å². The molecule has 0 aliphatic carbocycles. The Morgan fingerprint density at radius 3 is 1.72 bits per heavy atom. The summed E-state index contributed by atoms with van der Waals surface area (Å²) in [7, 11) is 0. The summed E-state index contributed by atoms with van der Waals surface area (Å²) < 4.78 is 3.67. The third-order valence-corrected chi connectivity index (χ3v) is 9.80. The average molecular weight is 611 g/mol. The maximum atomic E-state index is 5.37. The van der Waals surface area contributed by atoms with Gasteiger partial charge in [-0.15, -0.1) is 11.3 Å². The zero-order valence-electron chi connectivity index (χ0n) is 26.2. The van der Waals surface area contributed by atoms with E-state index in [0.29, 0.717) is 0 Å². The first-order valence-corrected chi connectivity index (χ1v) is 16.7. The lowest BCUT2D eigenvalue weighted by atomic mass is 9.82. The van der Waals surface area contributed by atoms with Crippen LogP contribution in [0.15, 0.2) is 151 Å². The number of hydrogen-bond donors (Lipinski definition) is 0. The molecule has 222 valence electrons. The van der Waals surface area contributed by atoms with E-state index in [9.17, 15) is 0 Å². The van der Waals surface area contributed by atoms with E-state index in [1.54, 1.807) is 11.3 Å². The maximum absolute atomic E-state index is 5.37. The molecular weight excluding hydrogens is 577 g/mol. The van der Waals surface area contributed by atoms with Gasteiger partial charge in [-0.25, -0.2) is 4.98 Å². The number of rotatable bonds is 5. The standard InChI is InChI=1S/C43H34N2S/c1-43(2,3)33-26-35(30-17-9-5-10-18-30)41(36(27-33)31-19-11-6-12-20-31)45-39-22-14-13-21-38(39)44-42(45)37-28-46-40-25-32(23-24-34(37)40)29-15-7-4-8-16-29/h4-28H,1-3H3. The molecule has 0 bridgehead atoms. The Morgan fingerprint density at radius 1 is 0.543 bits per heavy atom. The summed E-state index contributed by atoms with van der Waals surface area (Å²) in [6.45, 7) is 6.89. The SMILES string of the molecule is CC(C)(C)c1cc(-c2ccccc2)c(-n2c(-c3csc4cc(-c5ccccc5)ccc34)nc3ccccc32)c(-c2ccccc2)c1. The molecule has 0 saturated carbocycles. The number of thiophene rings is 1. The zero-order valence-corrected chi connectivity index (χ0v) is 27.1. The Hall–Kier alpha value is -5.25. The summed E-state index contributed by atoms with van der Waals surface area (Å²) in [5, 5.41) is 3.50. The van der Waals surface area contributed by atoms with Crippen LogP contribution in [-0.4, -0.2) is 9.55 Å². The van der Waals surface area contributed by atoms with Crippen LogP contribution in [0, 0.1) is 0 Å². The third kappa shape index (κ3) is 4.94. The van der Waals surface area contributed by atoms with Gasteiger partial charge in [0, 0.05) is 32.2 Å². The fourth-order valence-electron chi connectivity index (χ4n) is 6.43. The Kier molecular flexibility index (Phi) is 6.92. The monoisotopic (exact) mass is 610 g/mol. The summed E-state index contributed by atoms with van der Waals surface area (Å²) in [5.41, 5.74) is 12.9. The van der Waals surface area contributed by atoms with Crippen molar-refractivity contribution in [3.63, 3.8) is 0 Å². The van der Waals surface area contributed by atoms with Gasteiger partial charge in [-0.05, 0) is 63.6 Å². The van der Waals surface area contributed by atoms with Gasteiger partial charge in [0.1, 0.15) is 5.82 Å². The van der Waals surface area contributed by atoms with Gasteiger partial charge in [-0.2, -0.15) is 0 Å². The van der Waals surface area contributed by atoms with E-state index < -0.39 is 0 Å². The van der Waals surface area contributed by atoms with Crippen LogP contribution in [-0.2, 0) is 5.41 Å². The lowest BCUT2D eigenvalue weighted by Crippen LogP contribution is -2.13. The largest absolute Gasteiger partial charge is 0.291 e. The van der Waals surface area contributed by atoms with Gasteiger partial charge in [0.25, 0.3) is 0 Å². The van der Waals surface area contributed by atoms with Crippen molar-refractivity contribution >= 4 is 32.5 Å². The molecule has 2 nitrogen and oxygen atoms in total. The van der Waals surface area contributed by atoms with E-state index in [1.807, 2.05) is 0 Å². The predicted molar refractivity (Wildman–Crippen MR) is 197 cm³/mol. The van der Waals surface area contributed by atoms with Crippen molar-refractivity contribution in [1.82, 2.24) is 9.55 Å². The summed E-state index contributed by atoms with van der Waals surface area (Å²) in [6, 6.07) is 52.4. The van der Waals surface area contributed by atoms with Crippen LogP contribution in [0.2, 0.25) is 0 Å². The first-order chi connectivity index (χ1) is 22.5. The van der Waals surface area contributed by atoms with Gasteiger partial charge in [-0.1, -0.05) is 136 Å². The Balaban J connectivity index is 1.46. The second kappa shape index (κ2) is 11.3. The highest BCUT2D eigenvalue weighted by Gasteiger charge is 2.26. The van der Waals surface area contributed by atoms with E-state index in [4.69, 9.17) is 4.98 Å². The van der Waals surface area contributed by atoms with Gasteiger partial charge in [0.05, 0.1) is 16.7 Å². The highest BCUT2D eigenvalue weighted by molar-refractivity contribution is 7.17. The second-order valence-corrected chi connectivity index (χ2v) is 13.8. The van der Waals surface area contributed by atoms with Crippen LogP contribution < -0.4 is 0 Å². The summed E-state index contributed by atoms with van der Waals surface area (Å²) in [5.74, 6) is 0.956. The molecule has 0 amide bonds. The lowest BCUT2D eigenvalue weighted by Gasteiger charge is -2.26. The van der Waals surface area contributed by atoms with E-state index >= 15 is 0 Å². The molecular formula is C43H34N2S. The van der Waals surface area contributed by atoms with Crippen LogP contribution in [0.4, 0.5) is 0 Å². The number of aromatic nitrogens is 2. The minimum atomic E-state index is -0.0363. The normalized spacial score (nSPS) is 11.8.